The summed E-state index contributed by atoms with van der Waals surface area (Å²) in [5, 5.41) is 2.95. The highest BCUT2D eigenvalue weighted by molar-refractivity contribution is 5.79. The third-order valence-electron chi connectivity index (χ3n) is 4.31. The SMILES string of the molecule is C[C@H](CCc1ccccc1F)C(=O)N[C@@H](C)CN1CCCC1=O. The molecule has 2 amide bonds. The number of halogens is 1. The van der Waals surface area contributed by atoms with Gasteiger partial charge in [-0.3, -0.25) is 9.59 Å². The van der Waals surface area contributed by atoms with Gasteiger partial charge in [-0.25, -0.2) is 4.39 Å². The maximum absolute atomic E-state index is 13.6. The van der Waals surface area contributed by atoms with E-state index in [1.807, 2.05) is 13.8 Å². The molecule has 0 aromatic heterocycles. The number of nitrogens with zero attached hydrogens (tertiary/aromatic N) is 1. The summed E-state index contributed by atoms with van der Waals surface area (Å²) in [6.45, 7) is 5.10. The van der Waals surface area contributed by atoms with Crippen LogP contribution in [0, 0.1) is 11.7 Å². The van der Waals surface area contributed by atoms with Crippen LogP contribution in [0.4, 0.5) is 4.39 Å². The van der Waals surface area contributed by atoms with Crippen molar-refractivity contribution in [3.8, 4) is 0 Å². The average molecular weight is 320 g/mol. The van der Waals surface area contributed by atoms with Gasteiger partial charge in [0, 0.05) is 31.5 Å². The monoisotopic (exact) mass is 320 g/mol. The zero-order chi connectivity index (χ0) is 16.8. The number of amides is 2. The molecule has 0 unspecified atom stereocenters. The summed E-state index contributed by atoms with van der Waals surface area (Å²) >= 11 is 0. The fourth-order valence-corrected chi connectivity index (χ4v) is 2.86. The van der Waals surface area contributed by atoms with Crippen molar-refractivity contribution in [3.05, 3.63) is 35.6 Å². The van der Waals surface area contributed by atoms with Gasteiger partial charge in [-0.2, -0.15) is 0 Å². The smallest absolute Gasteiger partial charge is 0.223 e. The predicted molar refractivity (Wildman–Crippen MR) is 87.3 cm³/mol. The van der Waals surface area contributed by atoms with Crippen molar-refractivity contribution < 1.29 is 14.0 Å². The molecule has 23 heavy (non-hydrogen) atoms. The van der Waals surface area contributed by atoms with Crippen molar-refractivity contribution in [1.29, 1.82) is 0 Å². The molecule has 0 radical (unpaired) electrons. The van der Waals surface area contributed by atoms with Crippen LogP contribution in [-0.2, 0) is 16.0 Å². The number of carbonyl (C=O) groups excluding carboxylic acids is 2. The lowest BCUT2D eigenvalue weighted by atomic mass is 10.00. The quantitative estimate of drug-likeness (QED) is 0.839. The second-order valence-electron chi connectivity index (χ2n) is 6.38. The highest BCUT2D eigenvalue weighted by Gasteiger charge is 2.23. The first-order chi connectivity index (χ1) is 11.0. The van der Waals surface area contributed by atoms with E-state index in [0.717, 1.165) is 13.0 Å². The van der Waals surface area contributed by atoms with E-state index in [1.54, 1.807) is 23.1 Å². The highest BCUT2D eigenvalue weighted by atomic mass is 19.1. The maximum Gasteiger partial charge on any atom is 0.223 e. The highest BCUT2D eigenvalue weighted by Crippen LogP contribution is 2.14. The van der Waals surface area contributed by atoms with Gasteiger partial charge in [0.15, 0.2) is 0 Å². The first-order valence-corrected chi connectivity index (χ1v) is 8.29. The Hall–Kier alpha value is -1.91. The van der Waals surface area contributed by atoms with E-state index < -0.39 is 0 Å². The molecule has 1 saturated heterocycles. The minimum atomic E-state index is -0.221. The molecule has 1 aromatic rings. The third-order valence-corrected chi connectivity index (χ3v) is 4.31. The van der Waals surface area contributed by atoms with Crippen LogP contribution in [0.5, 0.6) is 0 Å². The Kier molecular flexibility index (Phi) is 6.13. The Bertz CT molecular complexity index is 562. The van der Waals surface area contributed by atoms with Crippen LogP contribution in [0.3, 0.4) is 0 Å². The molecule has 1 aromatic carbocycles. The van der Waals surface area contributed by atoms with E-state index in [-0.39, 0.29) is 29.6 Å². The fourth-order valence-electron chi connectivity index (χ4n) is 2.86. The van der Waals surface area contributed by atoms with E-state index >= 15 is 0 Å². The summed E-state index contributed by atoms with van der Waals surface area (Å²) in [5.41, 5.74) is 0.642. The number of hydrogen-bond donors (Lipinski definition) is 1. The number of rotatable bonds is 7. The lowest BCUT2D eigenvalue weighted by Crippen LogP contribution is -2.44. The first-order valence-electron chi connectivity index (χ1n) is 8.29. The minimum absolute atomic E-state index is 0.0412. The van der Waals surface area contributed by atoms with Gasteiger partial charge in [0.1, 0.15) is 5.82 Å². The van der Waals surface area contributed by atoms with Crippen LogP contribution in [0.25, 0.3) is 0 Å². The summed E-state index contributed by atoms with van der Waals surface area (Å²) in [6.07, 6.45) is 2.65. The topological polar surface area (TPSA) is 49.4 Å². The van der Waals surface area contributed by atoms with Crippen LogP contribution in [-0.4, -0.2) is 35.8 Å². The van der Waals surface area contributed by atoms with Crippen molar-refractivity contribution >= 4 is 11.8 Å². The molecule has 2 rings (SSSR count). The molecule has 126 valence electrons. The van der Waals surface area contributed by atoms with Gasteiger partial charge in [-0.15, -0.1) is 0 Å². The Labute approximate surface area is 137 Å². The molecular formula is C18H25FN2O2. The van der Waals surface area contributed by atoms with Gasteiger partial charge in [0.2, 0.25) is 11.8 Å². The molecule has 0 saturated carbocycles. The molecule has 0 aliphatic carbocycles. The number of hydrogen-bond acceptors (Lipinski definition) is 2. The van der Waals surface area contributed by atoms with E-state index in [1.165, 1.54) is 6.07 Å². The Balaban J connectivity index is 1.76. The first kappa shape index (κ1) is 17.4. The molecule has 1 aliphatic heterocycles. The van der Waals surface area contributed by atoms with Crippen molar-refractivity contribution in [1.82, 2.24) is 10.2 Å². The Morgan fingerprint density at radius 3 is 2.74 bits per heavy atom. The van der Waals surface area contributed by atoms with Crippen molar-refractivity contribution in [2.75, 3.05) is 13.1 Å². The van der Waals surface area contributed by atoms with E-state index in [9.17, 15) is 14.0 Å². The minimum Gasteiger partial charge on any atom is -0.352 e. The van der Waals surface area contributed by atoms with Gasteiger partial charge in [-0.1, -0.05) is 25.1 Å². The lowest BCUT2D eigenvalue weighted by molar-refractivity contribution is -0.129. The molecule has 0 bridgehead atoms. The summed E-state index contributed by atoms with van der Waals surface area (Å²) in [6, 6.07) is 6.59. The molecule has 1 fully saturated rings. The number of nitrogens with one attached hydrogen (secondary N) is 1. The zero-order valence-electron chi connectivity index (χ0n) is 13.8. The maximum atomic E-state index is 13.6. The van der Waals surface area contributed by atoms with Crippen molar-refractivity contribution in [2.24, 2.45) is 5.92 Å². The number of aryl methyl sites for hydroxylation is 1. The lowest BCUT2D eigenvalue weighted by Gasteiger charge is -2.23. The van der Waals surface area contributed by atoms with Crippen LogP contribution >= 0.6 is 0 Å². The van der Waals surface area contributed by atoms with E-state index in [4.69, 9.17) is 0 Å². The molecule has 4 nitrogen and oxygen atoms in total. The van der Waals surface area contributed by atoms with E-state index in [2.05, 4.69) is 5.32 Å². The Morgan fingerprint density at radius 2 is 2.09 bits per heavy atom. The summed E-state index contributed by atoms with van der Waals surface area (Å²) in [7, 11) is 0. The normalized spacial score (nSPS) is 17.2. The van der Waals surface area contributed by atoms with Crippen molar-refractivity contribution in [2.45, 2.75) is 45.6 Å². The van der Waals surface area contributed by atoms with Crippen molar-refractivity contribution in [3.63, 3.8) is 0 Å². The standard InChI is InChI=1S/C18H25FN2O2/c1-13(9-10-15-6-3-4-7-16(15)19)18(23)20-14(2)12-21-11-5-8-17(21)22/h3-4,6-7,13-14H,5,8-12H2,1-2H3,(H,20,23)/t13-,14+/m1/s1. The number of benzene rings is 1. The molecule has 0 spiro atoms. The van der Waals surface area contributed by atoms with Crippen LogP contribution in [0.2, 0.25) is 0 Å². The molecule has 1 N–H and O–H groups in total. The molecule has 1 aliphatic rings. The predicted octanol–water partition coefficient (Wildman–Crippen LogP) is 2.52. The summed E-state index contributed by atoms with van der Waals surface area (Å²) in [4.78, 5) is 25.6. The molecule has 2 atom stereocenters. The van der Waals surface area contributed by atoms with E-state index in [0.29, 0.717) is 31.4 Å². The zero-order valence-corrected chi connectivity index (χ0v) is 13.8. The van der Waals surface area contributed by atoms with Gasteiger partial charge < -0.3 is 10.2 Å². The third kappa shape index (κ3) is 5.05. The van der Waals surface area contributed by atoms with Gasteiger partial charge in [0.05, 0.1) is 0 Å². The molecule has 1 heterocycles. The van der Waals surface area contributed by atoms with Crippen LogP contribution in [0.15, 0.2) is 24.3 Å². The number of carbonyl (C=O) groups is 2. The molecule has 5 heteroatoms. The summed E-state index contributed by atoms with van der Waals surface area (Å²) < 4.78 is 13.6. The van der Waals surface area contributed by atoms with Gasteiger partial charge in [0.25, 0.3) is 0 Å². The van der Waals surface area contributed by atoms with Crippen LogP contribution in [0.1, 0.15) is 38.7 Å². The Morgan fingerprint density at radius 1 is 1.35 bits per heavy atom. The van der Waals surface area contributed by atoms with Crippen LogP contribution < -0.4 is 5.32 Å². The fraction of sp³-hybridized carbons (Fsp3) is 0.556. The molecular weight excluding hydrogens is 295 g/mol. The second kappa shape index (κ2) is 8.09. The number of likely N-dealkylation sites (tertiary alicyclic amines) is 1. The van der Waals surface area contributed by atoms with Gasteiger partial charge >= 0.3 is 0 Å². The largest absolute Gasteiger partial charge is 0.352 e. The summed E-state index contributed by atoms with van der Waals surface area (Å²) in [5.74, 6) is -0.286. The second-order valence-corrected chi connectivity index (χ2v) is 6.38. The average Bonchev–Trinajstić information content (AvgIpc) is 2.91. The van der Waals surface area contributed by atoms with Gasteiger partial charge in [-0.05, 0) is 37.8 Å².